The zero-order valence-corrected chi connectivity index (χ0v) is 10.6. The van der Waals surface area contributed by atoms with Gasteiger partial charge in [-0.25, -0.2) is 8.78 Å². The summed E-state index contributed by atoms with van der Waals surface area (Å²) in [5.41, 5.74) is 5.57. The molecule has 0 heterocycles. The maximum Gasteiger partial charge on any atom is 0.255 e. The normalized spacial score (nSPS) is 10.2. The van der Waals surface area contributed by atoms with Crippen molar-refractivity contribution in [2.24, 2.45) is 0 Å². The van der Waals surface area contributed by atoms with Crippen molar-refractivity contribution in [3.63, 3.8) is 0 Å². The number of hydrogen-bond donors (Lipinski definition) is 2. The fraction of sp³-hybridized carbons (Fsp3) is 0.0714. The van der Waals surface area contributed by atoms with E-state index >= 15 is 0 Å². The standard InChI is InChI=1S/C14H12F2N2O2/c1-20-12-6-5-8(7-10(12)16)14(19)18-13-9(15)3-2-4-11(13)17/h2-7H,17H2,1H3,(H,18,19). The molecule has 1 amide bonds. The monoisotopic (exact) mass is 278 g/mol. The highest BCUT2D eigenvalue weighted by Gasteiger charge is 2.13. The van der Waals surface area contributed by atoms with Gasteiger partial charge in [-0.1, -0.05) is 6.07 Å². The Morgan fingerprint density at radius 3 is 2.55 bits per heavy atom. The van der Waals surface area contributed by atoms with Crippen LogP contribution in [0.25, 0.3) is 0 Å². The summed E-state index contributed by atoms with van der Waals surface area (Å²) >= 11 is 0. The molecule has 0 aliphatic heterocycles. The predicted octanol–water partition coefficient (Wildman–Crippen LogP) is 2.81. The van der Waals surface area contributed by atoms with E-state index in [2.05, 4.69) is 5.32 Å². The summed E-state index contributed by atoms with van der Waals surface area (Å²) in [4.78, 5) is 11.9. The first kappa shape index (κ1) is 13.8. The highest BCUT2D eigenvalue weighted by molar-refractivity contribution is 6.05. The second-order valence-electron chi connectivity index (χ2n) is 4.01. The van der Waals surface area contributed by atoms with Crippen LogP contribution in [0.3, 0.4) is 0 Å². The number of nitrogens with two attached hydrogens (primary N) is 1. The minimum absolute atomic E-state index is 0.0203. The zero-order chi connectivity index (χ0) is 14.7. The number of anilines is 2. The third-order valence-corrected chi connectivity index (χ3v) is 2.70. The molecule has 0 aromatic heterocycles. The van der Waals surface area contributed by atoms with Crippen LogP contribution in [0.1, 0.15) is 10.4 Å². The number of halogens is 2. The van der Waals surface area contributed by atoms with Crippen molar-refractivity contribution in [2.75, 3.05) is 18.2 Å². The van der Waals surface area contributed by atoms with E-state index in [0.29, 0.717) is 0 Å². The SMILES string of the molecule is COc1ccc(C(=O)Nc2c(N)cccc2F)cc1F. The number of nitrogen functional groups attached to an aromatic ring is 1. The van der Waals surface area contributed by atoms with Crippen LogP contribution in [-0.4, -0.2) is 13.0 Å². The van der Waals surface area contributed by atoms with Gasteiger partial charge in [-0.05, 0) is 30.3 Å². The number of benzene rings is 2. The Bertz CT molecular complexity index is 639. The van der Waals surface area contributed by atoms with Crippen molar-refractivity contribution in [3.8, 4) is 5.75 Å². The molecule has 4 nitrogen and oxygen atoms in total. The van der Waals surface area contributed by atoms with Crippen molar-refractivity contribution in [2.45, 2.75) is 0 Å². The van der Waals surface area contributed by atoms with Crippen LogP contribution >= 0.6 is 0 Å². The molecule has 0 saturated carbocycles. The molecule has 0 spiro atoms. The molecule has 6 heteroatoms. The average molecular weight is 278 g/mol. The lowest BCUT2D eigenvalue weighted by Gasteiger charge is -2.10. The topological polar surface area (TPSA) is 64.3 Å². The molecule has 20 heavy (non-hydrogen) atoms. The number of carbonyl (C=O) groups excluding carboxylic acids is 1. The van der Waals surface area contributed by atoms with Crippen molar-refractivity contribution in [3.05, 3.63) is 53.6 Å². The van der Waals surface area contributed by atoms with Gasteiger partial charge in [-0.2, -0.15) is 0 Å². The van der Waals surface area contributed by atoms with E-state index in [0.717, 1.165) is 6.07 Å². The third kappa shape index (κ3) is 2.69. The van der Waals surface area contributed by atoms with Gasteiger partial charge in [0.1, 0.15) is 11.5 Å². The first-order valence-corrected chi connectivity index (χ1v) is 5.72. The number of amides is 1. The van der Waals surface area contributed by atoms with Gasteiger partial charge in [-0.15, -0.1) is 0 Å². The molecule has 2 aromatic carbocycles. The molecule has 0 aliphatic rings. The quantitative estimate of drug-likeness (QED) is 0.848. The van der Waals surface area contributed by atoms with E-state index in [9.17, 15) is 13.6 Å². The number of nitrogens with one attached hydrogen (secondary N) is 1. The number of carbonyl (C=O) groups is 1. The Balaban J connectivity index is 2.26. The van der Waals surface area contributed by atoms with Gasteiger partial charge in [0.2, 0.25) is 0 Å². The number of rotatable bonds is 3. The number of hydrogen-bond acceptors (Lipinski definition) is 3. The Hall–Kier alpha value is -2.63. The van der Waals surface area contributed by atoms with Gasteiger partial charge in [0, 0.05) is 5.56 Å². The molecule has 104 valence electrons. The summed E-state index contributed by atoms with van der Waals surface area (Å²) in [6, 6.07) is 7.73. The summed E-state index contributed by atoms with van der Waals surface area (Å²) in [5.74, 6) is -1.98. The van der Waals surface area contributed by atoms with Gasteiger partial charge in [0.05, 0.1) is 12.8 Å². The molecule has 2 aromatic rings. The average Bonchev–Trinajstić information content (AvgIpc) is 2.42. The van der Waals surface area contributed by atoms with Crippen molar-refractivity contribution < 1.29 is 18.3 Å². The van der Waals surface area contributed by atoms with Crippen LogP contribution in [-0.2, 0) is 0 Å². The molecule has 0 unspecified atom stereocenters. The van der Waals surface area contributed by atoms with Crippen LogP contribution in [0.2, 0.25) is 0 Å². The van der Waals surface area contributed by atoms with E-state index in [1.165, 1.54) is 37.4 Å². The van der Waals surface area contributed by atoms with Crippen molar-refractivity contribution in [1.82, 2.24) is 0 Å². The zero-order valence-electron chi connectivity index (χ0n) is 10.6. The lowest BCUT2D eigenvalue weighted by atomic mass is 10.2. The van der Waals surface area contributed by atoms with Gasteiger partial charge in [-0.3, -0.25) is 4.79 Å². The minimum atomic E-state index is -0.679. The molecule has 0 aliphatic carbocycles. The second-order valence-corrected chi connectivity index (χ2v) is 4.01. The van der Waals surface area contributed by atoms with Crippen LogP contribution in [0.5, 0.6) is 5.75 Å². The molecular weight excluding hydrogens is 266 g/mol. The highest BCUT2D eigenvalue weighted by atomic mass is 19.1. The molecule has 3 N–H and O–H groups in total. The Kier molecular flexibility index (Phi) is 3.84. The van der Waals surface area contributed by atoms with Crippen LogP contribution < -0.4 is 15.8 Å². The Morgan fingerprint density at radius 1 is 1.20 bits per heavy atom. The molecule has 2 rings (SSSR count). The minimum Gasteiger partial charge on any atom is -0.494 e. The highest BCUT2D eigenvalue weighted by Crippen LogP contribution is 2.23. The predicted molar refractivity (Wildman–Crippen MR) is 71.7 cm³/mol. The number of para-hydroxylation sites is 1. The second kappa shape index (κ2) is 5.56. The number of ether oxygens (including phenoxy) is 1. The lowest BCUT2D eigenvalue weighted by Crippen LogP contribution is -2.14. The Labute approximate surface area is 114 Å². The van der Waals surface area contributed by atoms with Crippen molar-refractivity contribution in [1.29, 1.82) is 0 Å². The summed E-state index contributed by atoms with van der Waals surface area (Å²) in [7, 11) is 1.32. The maximum atomic E-state index is 13.5. The van der Waals surface area contributed by atoms with E-state index < -0.39 is 17.5 Å². The van der Waals surface area contributed by atoms with Gasteiger partial charge in [0.25, 0.3) is 5.91 Å². The molecule has 0 atom stereocenters. The summed E-state index contributed by atoms with van der Waals surface area (Å²) in [6.07, 6.45) is 0. The van der Waals surface area contributed by atoms with Crippen LogP contribution in [0.4, 0.5) is 20.2 Å². The first-order valence-electron chi connectivity index (χ1n) is 5.72. The smallest absolute Gasteiger partial charge is 0.255 e. The Morgan fingerprint density at radius 2 is 1.95 bits per heavy atom. The summed E-state index contributed by atoms with van der Waals surface area (Å²) in [6.45, 7) is 0. The molecular formula is C14H12F2N2O2. The van der Waals surface area contributed by atoms with E-state index in [4.69, 9.17) is 10.5 Å². The van der Waals surface area contributed by atoms with Gasteiger partial charge in [0.15, 0.2) is 11.6 Å². The fourth-order valence-electron chi connectivity index (χ4n) is 1.67. The van der Waals surface area contributed by atoms with Gasteiger partial charge < -0.3 is 15.8 Å². The third-order valence-electron chi connectivity index (χ3n) is 2.70. The maximum absolute atomic E-state index is 13.5. The first-order chi connectivity index (χ1) is 9.52. The van der Waals surface area contributed by atoms with Gasteiger partial charge >= 0.3 is 0 Å². The van der Waals surface area contributed by atoms with Crippen LogP contribution in [0.15, 0.2) is 36.4 Å². The molecule has 0 radical (unpaired) electrons. The fourth-order valence-corrected chi connectivity index (χ4v) is 1.67. The summed E-state index contributed by atoms with van der Waals surface area (Å²) < 4.78 is 31.8. The molecule has 0 saturated heterocycles. The molecule has 0 bridgehead atoms. The molecule has 0 fully saturated rings. The lowest BCUT2D eigenvalue weighted by molar-refractivity contribution is 0.102. The number of methoxy groups -OCH3 is 1. The van der Waals surface area contributed by atoms with E-state index in [-0.39, 0.29) is 22.7 Å². The van der Waals surface area contributed by atoms with E-state index in [1.807, 2.05) is 0 Å². The largest absolute Gasteiger partial charge is 0.494 e. The summed E-state index contributed by atoms with van der Waals surface area (Å²) in [5, 5.41) is 2.31. The van der Waals surface area contributed by atoms with E-state index in [1.54, 1.807) is 0 Å². The van der Waals surface area contributed by atoms with Crippen LogP contribution in [0, 0.1) is 11.6 Å². The van der Waals surface area contributed by atoms with Crippen molar-refractivity contribution >= 4 is 17.3 Å².